The zero-order valence-corrected chi connectivity index (χ0v) is 10.8. The van der Waals surface area contributed by atoms with E-state index in [0.29, 0.717) is 19.5 Å². The van der Waals surface area contributed by atoms with E-state index < -0.39 is 0 Å². The van der Waals surface area contributed by atoms with Crippen molar-refractivity contribution in [3.8, 4) is 0 Å². The van der Waals surface area contributed by atoms with E-state index in [-0.39, 0.29) is 11.9 Å². The van der Waals surface area contributed by atoms with Crippen molar-refractivity contribution in [2.45, 2.75) is 32.4 Å². The molecular weight excluding hydrogens is 240 g/mol. The van der Waals surface area contributed by atoms with Crippen molar-refractivity contribution < 1.29 is 4.79 Å². The van der Waals surface area contributed by atoms with Gasteiger partial charge in [-0.05, 0) is 6.42 Å². The summed E-state index contributed by atoms with van der Waals surface area (Å²) < 4.78 is 1.80. The fourth-order valence-electron chi connectivity index (χ4n) is 2.00. The SMILES string of the molecule is CCc1nn(C)c(CNC2CNC(=O)C2)c1Cl. The lowest BCUT2D eigenvalue weighted by atomic mass is 10.2. The van der Waals surface area contributed by atoms with Crippen LogP contribution >= 0.6 is 11.6 Å². The van der Waals surface area contributed by atoms with E-state index in [0.717, 1.165) is 22.8 Å². The predicted octanol–water partition coefficient (Wildman–Crippen LogP) is 0.614. The quantitative estimate of drug-likeness (QED) is 0.830. The van der Waals surface area contributed by atoms with Gasteiger partial charge < -0.3 is 10.6 Å². The maximum Gasteiger partial charge on any atom is 0.221 e. The normalized spacial score (nSPS) is 19.7. The van der Waals surface area contributed by atoms with E-state index in [1.807, 2.05) is 14.0 Å². The van der Waals surface area contributed by atoms with Crippen LogP contribution in [-0.2, 0) is 24.8 Å². The Morgan fingerprint density at radius 1 is 1.65 bits per heavy atom. The van der Waals surface area contributed by atoms with Crippen LogP contribution in [0.1, 0.15) is 24.7 Å². The number of nitrogens with one attached hydrogen (secondary N) is 2. The van der Waals surface area contributed by atoms with Gasteiger partial charge in [0.1, 0.15) is 0 Å². The van der Waals surface area contributed by atoms with Gasteiger partial charge in [-0.1, -0.05) is 18.5 Å². The molecule has 1 aliphatic heterocycles. The van der Waals surface area contributed by atoms with Crippen LogP contribution in [0.4, 0.5) is 0 Å². The Kier molecular flexibility index (Phi) is 3.69. The number of amides is 1. The molecule has 0 spiro atoms. The first-order valence-corrected chi connectivity index (χ1v) is 6.20. The van der Waals surface area contributed by atoms with Gasteiger partial charge in [0.05, 0.1) is 16.4 Å². The Morgan fingerprint density at radius 3 is 2.94 bits per heavy atom. The molecule has 5 nitrogen and oxygen atoms in total. The second-order valence-corrected chi connectivity index (χ2v) is 4.65. The molecule has 1 amide bonds. The van der Waals surface area contributed by atoms with Crippen molar-refractivity contribution in [2.75, 3.05) is 6.54 Å². The monoisotopic (exact) mass is 256 g/mol. The summed E-state index contributed by atoms with van der Waals surface area (Å²) in [5.41, 5.74) is 1.90. The molecular formula is C11H17ClN4O. The van der Waals surface area contributed by atoms with Crippen LogP contribution in [0.5, 0.6) is 0 Å². The van der Waals surface area contributed by atoms with E-state index in [1.165, 1.54) is 0 Å². The van der Waals surface area contributed by atoms with Crippen LogP contribution in [0.3, 0.4) is 0 Å². The zero-order chi connectivity index (χ0) is 12.4. The molecule has 1 aromatic rings. The highest BCUT2D eigenvalue weighted by Crippen LogP contribution is 2.20. The molecule has 0 radical (unpaired) electrons. The predicted molar refractivity (Wildman–Crippen MR) is 65.9 cm³/mol. The van der Waals surface area contributed by atoms with Gasteiger partial charge in [0.25, 0.3) is 0 Å². The third-order valence-electron chi connectivity index (χ3n) is 3.04. The summed E-state index contributed by atoms with van der Waals surface area (Å²) >= 11 is 6.24. The smallest absolute Gasteiger partial charge is 0.221 e. The Labute approximate surface area is 106 Å². The molecule has 1 atom stereocenters. The molecule has 1 saturated heterocycles. The largest absolute Gasteiger partial charge is 0.354 e. The number of carbonyl (C=O) groups excluding carboxylic acids is 1. The van der Waals surface area contributed by atoms with Gasteiger partial charge in [-0.2, -0.15) is 5.10 Å². The van der Waals surface area contributed by atoms with Gasteiger partial charge in [0.15, 0.2) is 0 Å². The minimum Gasteiger partial charge on any atom is -0.354 e. The highest BCUT2D eigenvalue weighted by molar-refractivity contribution is 6.31. The molecule has 0 bridgehead atoms. The Balaban J connectivity index is 1.99. The summed E-state index contributed by atoms with van der Waals surface area (Å²) in [6.07, 6.45) is 1.37. The summed E-state index contributed by atoms with van der Waals surface area (Å²) in [4.78, 5) is 11.1. The molecule has 2 N–H and O–H groups in total. The molecule has 1 aliphatic rings. The maximum absolute atomic E-state index is 11.1. The zero-order valence-electron chi connectivity index (χ0n) is 10.1. The lowest BCUT2D eigenvalue weighted by Gasteiger charge is -2.10. The fraction of sp³-hybridized carbons (Fsp3) is 0.636. The maximum atomic E-state index is 11.1. The van der Waals surface area contributed by atoms with E-state index in [4.69, 9.17) is 11.6 Å². The van der Waals surface area contributed by atoms with E-state index in [1.54, 1.807) is 4.68 Å². The van der Waals surface area contributed by atoms with Crippen molar-refractivity contribution in [1.29, 1.82) is 0 Å². The number of aryl methyl sites for hydroxylation is 2. The summed E-state index contributed by atoms with van der Waals surface area (Å²) in [6.45, 7) is 3.36. The topological polar surface area (TPSA) is 59.0 Å². The molecule has 0 saturated carbocycles. The minimum atomic E-state index is 0.104. The average Bonchev–Trinajstić information content (AvgIpc) is 2.82. The van der Waals surface area contributed by atoms with Gasteiger partial charge >= 0.3 is 0 Å². The molecule has 1 aromatic heterocycles. The van der Waals surface area contributed by atoms with Crippen LogP contribution in [0.15, 0.2) is 0 Å². The first-order valence-electron chi connectivity index (χ1n) is 5.82. The number of rotatable bonds is 4. The van der Waals surface area contributed by atoms with Crippen LogP contribution < -0.4 is 10.6 Å². The molecule has 2 heterocycles. The molecule has 2 rings (SSSR count). The van der Waals surface area contributed by atoms with Crippen molar-refractivity contribution in [1.82, 2.24) is 20.4 Å². The molecule has 94 valence electrons. The van der Waals surface area contributed by atoms with Crippen LogP contribution in [0.2, 0.25) is 5.02 Å². The molecule has 6 heteroatoms. The average molecular weight is 257 g/mol. The standard InChI is InChI=1S/C11H17ClN4O/c1-3-8-11(12)9(16(2)15-8)6-13-7-4-10(17)14-5-7/h7,13H,3-6H2,1-2H3,(H,14,17). The molecule has 0 aromatic carbocycles. The minimum absolute atomic E-state index is 0.104. The number of carbonyl (C=O) groups is 1. The van der Waals surface area contributed by atoms with E-state index in [9.17, 15) is 4.79 Å². The Morgan fingerprint density at radius 2 is 2.41 bits per heavy atom. The first-order chi connectivity index (χ1) is 8.11. The Bertz CT molecular complexity index is 429. The second kappa shape index (κ2) is 5.06. The third-order valence-corrected chi connectivity index (χ3v) is 3.47. The number of nitrogens with zero attached hydrogens (tertiary/aromatic N) is 2. The van der Waals surface area contributed by atoms with E-state index in [2.05, 4.69) is 15.7 Å². The van der Waals surface area contributed by atoms with Crippen molar-refractivity contribution in [3.05, 3.63) is 16.4 Å². The number of aromatic nitrogens is 2. The molecule has 1 unspecified atom stereocenters. The summed E-state index contributed by atoms with van der Waals surface area (Å²) in [5, 5.41) is 11.2. The summed E-state index contributed by atoms with van der Waals surface area (Å²) in [6, 6.07) is 0.193. The molecule has 17 heavy (non-hydrogen) atoms. The van der Waals surface area contributed by atoms with Gasteiger partial charge in [-0.15, -0.1) is 0 Å². The second-order valence-electron chi connectivity index (χ2n) is 4.27. The van der Waals surface area contributed by atoms with Crippen molar-refractivity contribution in [2.24, 2.45) is 7.05 Å². The van der Waals surface area contributed by atoms with Crippen LogP contribution in [0.25, 0.3) is 0 Å². The van der Waals surface area contributed by atoms with Gasteiger partial charge in [-0.3, -0.25) is 9.48 Å². The summed E-state index contributed by atoms with van der Waals surface area (Å²) in [5.74, 6) is 0.104. The highest BCUT2D eigenvalue weighted by atomic mass is 35.5. The van der Waals surface area contributed by atoms with Crippen LogP contribution in [0, 0.1) is 0 Å². The molecule has 0 aliphatic carbocycles. The van der Waals surface area contributed by atoms with Gasteiger partial charge in [-0.25, -0.2) is 0 Å². The first kappa shape index (κ1) is 12.4. The van der Waals surface area contributed by atoms with Crippen molar-refractivity contribution in [3.63, 3.8) is 0 Å². The highest BCUT2D eigenvalue weighted by Gasteiger charge is 2.22. The number of halogens is 1. The lowest BCUT2D eigenvalue weighted by Crippen LogP contribution is -2.31. The van der Waals surface area contributed by atoms with Gasteiger partial charge in [0.2, 0.25) is 5.91 Å². The van der Waals surface area contributed by atoms with Crippen molar-refractivity contribution >= 4 is 17.5 Å². The third kappa shape index (κ3) is 2.61. The number of hydrogen-bond acceptors (Lipinski definition) is 3. The summed E-state index contributed by atoms with van der Waals surface area (Å²) in [7, 11) is 1.89. The van der Waals surface area contributed by atoms with Gasteiger partial charge in [0, 0.05) is 32.6 Å². The number of hydrogen-bond donors (Lipinski definition) is 2. The molecule has 1 fully saturated rings. The Hall–Kier alpha value is -1.07. The fourth-order valence-corrected chi connectivity index (χ4v) is 2.36. The van der Waals surface area contributed by atoms with E-state index >= 15 is 0 Å². The van der Waals surface area contributed by atoms with Crippen LogP contribution in [-0.4, -0.2) is 28.3 Å². The lowest BCUT2D eigenvalue weighted by molar-refractivity contribution is -0.119.